The highest BCUT2D eigenvalue weighted by atomic mass is 32.2. The summed E-state index contributed by atoms with van der Waals surface area (Å²) in [6.07, 6.45) is 0.870. The summed E-state index contributed by atoms with van der Waals surface area (Å²) >= 11 is 0. The normalized spacial score (nSPS) is 16.4. The van der Waals surface area contributed by atoms with Crippen molar-refractivity contribution in [3.05, 3.63) is 102 Å². The highest BCUT2D eigenvalue weighted by Gasteiger charge is 2.36. The summed E-state index contributed by atoms with van der Waals surface area (Å²) in [4.78, 5) is 27.9. The molecule has 0 spiro atoms. The first-order valence-electron chi connectivity index (χ1n) is 11.3. The highest BCUT2D eigenvalue weighted by Crippen LogP contribution is 2.31. The second-order valence-electron chi connectivity index (χ2n) is 8.70. The van der Waals surface area contributed by atoms with Gasteiger partial charge in [0.25, 0.3) is 0 Å². The van der Waals surface area contributed by atoms with Gasteiger partial charge < -0.3 is 4.90 Å². The first kappa shape index (κ1) is 27.0. The third-order valence-electron chi connectivity index (χ3n) is 5.98. The SMILES string of the molecule is CC1CN(C(=O)C[C@H](c2ccc(S(C)(=O)=O)cc2)c2cc(F)cc(F)c2)C(=O)N1C.c1ccccc1. The maximum atomic E-state index is 13.9. The van der Waals surface area contributed by atoms with E-state index in [-0.39, 0.29) is 29.5 Å². The van der Waals surface area contributed by atoms with Crippen LogP contribution < -0.4 is 0 Å². The fourth-order valence-electron chi connectivity index (χ4n) is 3.87. The minimum absolute atomic E-state index is 0.0897. The van der Waals surface area contributed by atoms with Crippen LogP contribution in [0.2, 0.25) is 0 Å². The van der Waals surface area contributed by atoms with E-state index in [0.29, 0.717) is 5.56 Å². The summed E-state index contributed by atoms with van der Waals surface area (Å²) in [6.45, 7) is 2.04. The second kappa shape index (κ2) is 11.4. The Hall–Kier alpha value is -3.59. The van der Waals surface area contributed by atoms with Gasteiger partial charge in [-0.05, 0) is 42.3 Å². The molecule has 1 fully saturated rings. The number of sulfone groups is 1. The molecule has 3 aromatic rings. The van der Waals surface area contributed by atoms with Crippen LogP contribution in [0.5, 0.6) is 0 Å². The highest BCUT2D eigenvalue weighted by molar-refractivity contribution is 7.90. The number of imide groups is 1. The van der Waals surface area contributed by atoms with Crippen LogP contribution in [0.15, 0.2) is 83.8 Å². The number of hydrogen-bond acceptors (Lipinski definition) is 4. The minimum atomic E-state index is -3.42. The lowest BCUT2D eigenvalue weighted by Gasteiger charge is -2.21. The molecule has 6 nitrogen and oxygen atoms in total. The molecule has 1 unspecified atom stereocenters. The number of carbonyl (C=O) groups excluding carboxylic acids is 2. The van der Waals surface area contributed by atoms with Crippen LogP contribution >= 0.6 is 0 Å². The lowest BCUT2D eigenvalue weighted by atomic mass is 9.88. The molecule has 0 radical (unpaired) electrons. The zero-order valence-corrected chi connectivity index (χ0v) is 21.1. The molecule has 4 rings (SSSR count). The monoisotopic (exact) mass is 514 g/mol. The number of rotatable bonds is 5. The van der Waals surface area contributed by atoms with Gasteiger partial charge in [-0.3, -0.25) is 9.69 Å². The van der Waals surface area contributed by atoms with Gasteiger partial charge in [0.1, 0.15) is 11.6 Å². The van der Waals surface area contributed by atoms with E-state index >= 15 is 0 Å². The maximum absolute atomic E-state index is 13.9. The van der Waals surface area contributed by atoms with Crippen molar-refractivity contribution in [1.29, 1.82) is 0 Å². The van der Waals surface area contributed by atoms with E-state index in [1.54, 1.807) is 7.05 Å². The Morgan fingerprint density at radius 1 is 0.944 bits per heavy atom. The van der Waals surface area contributed by atoms with Crippen LogP contribution in [0.3, 0.4) is 0 Å². The summed E-state index contributed by atoms with van der Waals surface area (Å²) in [5, 5.41) is 0. The predicted molar refractivity (Wildman–Crippen MR) is 133 cm³/mol. The van der Waals surface area contributed by atoms with Crippen molar-refractivity contribution in [1.82, 2.24) is 9.80 Å². The van der Waals surface area contributed by atoms with Crippen molar-refractivity contribution in [3.63, 3.8) is 0 Å². The molecular formula is C27H28F2N2O4S. The van der Waals surface area contributed by atoms with E-state index in [2.05, 4.69) is 0 Å². The van der Waals surface area contributed by atoms with Crippen molar-refractivity contribution in [2.24, 2.45) is 0 Å². The van der Waals surface area contributed by atoms with Crippen LogP contribution in [0, 0.1) is 11.6 Å². The van der Waals surface area contributed by atoms with Crippen LogP contribution in [-0.4, -0.2) is 56.0 Å². The third kappa shape index (κ3) is 6.75. The van der Waals surface area contributed by atoms with E-state index in [0.717, 1.165) is 29.4 Å². The zero-order chi connectivity index (χ0) is 26.5. The fraction of sp³-hybridized carbons (Fsp3) is 0.259. The van der Waals surface area contributed by atoms with E-state index in [9.17, 15) is 26.8 Å². The lowest BCUT2D eigenvalue weighted by molar-refractivity contribution is -0.127. The first-order valence-corrected chi connectivity index (χ1v) is 13.2. The van der Waals surface area contributed by atoms with E-state index < -0.39 is 39.3 Å². The van der Waals surface area contributed by atoms with E-state index in [1.165, 1.54) is 29.2 Å². The molecule has 0 aliphatic carbocycles. The van der Waals surface area contributed by atoms with Crippen LogP contribution in [-0.2, 0) is 14.6 Å². The molecular weight excluding hydrogens is 486 g/mol. The number of nitrogens with zero attached hydrogens (tertiary/aromatic N) is 2. The van der Waals surface area contributed by atoms with Gasteiger partial charge in [-0.2, -0.15) is 0 Å². The molecule has 1 aliphatic heterocycles. The number of halogens is 2. The van der Waals surface area contributed by atoms with Gasteiger partial charge in [-0.1, -0.05) is 48.5 Å². The van der Waals surface area contributed by atoms with Crippen molar-refractivity contribution < 1.29 is 26.8 Å². The zero-order valence-electron chi connectivity index (χ0n) is 20.3. The topological polar surface area (TPSA) is 74.8 Å². The molecule has 0 bridgehead atoms. The van der Waals surface area contributed by atoms with Gasteiger partial charge in [-0.25, -0.2) is 22.0 Å². The first-order chi connectivity index (χ1) is 17.0. The Kier molecular flexibility index (Phi) is 8.57. The van der Waals surface area contributed by atoms with Gasteiger partial charge in [0.2, 0.25) is 5.91 Å². The Morgan fingerprint density at radius 2 is 1.44 bits per heavy atom. The van der Waals surface area contributed by atoms with Gasteiger partial charge in [0, 0.05) is 37.8 Å². The number of urea groups is 1. The van der Waals surface area contributed by atoms with E-state index in [4.69, 9.17) is 0 Å². The third-order valence-corrected chi connectivity index (χ3v) is 7.11. The summed E-state index contributed by atoms with van der Waals surface area (Å²) in [7, 11) is -1.82. The molecule has 1 aliphatic rings. The number of benzene rings is 3. The molecule has 0 N–H and O–H groups in total. The number of hydrogen-bond donors (Lipinski definition) is 0. The smallest absolute Gasteiger partial charge is 0.323 e. The Morgan fingerprint density at radius 3 is 1.86 bits per heavy atom. The molecule has 2 atom stereocenters. The van der Waals surface area contributed by atoms with Crippen LogP contribution in [0.4, 0.5) is 13.6 Å². The average molecular weight is 515 g/mol. The van der Waals surface area contributed by atoms with E-state index in [1.807, 2.05) is 43.3 Å². The van der Waals surface area contributed by atoms with Crippen molar-refractivity contribution in [2.75, 3.05) is 19.8 Å². The lowest BCUT2D eigenvalue weighted by Crippen LogP contribution is -2.35. The van der Waals surface area contributed by atoms with Crippen molar-refractivity contribution in [2.45, 2.75) is 30.2 Å². The fourth-order valence-corrected chi connectivity index (χ4v) is 4.50. The molecule has 0 saturated carbocycles. The van der Waals surface area contributed by atoms with Crippen molar-refractivity contribution >= 4 is 21.8 Å². The summed E-state index contributed by atoms with van der Waals surface area (Å²) in [5.74, 6) is -2.81. The average Bonchev–Trinajstić information content (AvgIpc) is 3.10. The molecule has 0 aromatic heterocycles. The molecule has 9 heteroatoms. The second-order valence-corrected chi connectivity index (χ2v) is 10.7. The summed E-state index contributed by atoms with van der Waals surface area (Å²) in [5.41, 5.74) is 0.731. The number of amides is 3. The van der Waals surface area contributed by atoms with Gasteiger partial charge in [-0.15, -0.1) is 0 Å². The van der Waals surface area contributed by atoms with Crippen LogP contribution in [0.1, 0.15) is 30.4 Å². The van der Waals surface area contributed by atoms with Crippen LogP contribution in [0.25, 0.3) is 0 Å². The molecule has 3 amide bonds. The standard InChI is InChI=1S/C21H22F2N2O4S.C6H6/c1-13-12-25(21(27)24(13)2)20(26)11-19(15-8-16(22)10-17(23)9-15)14-4-6-18(7-5-14)30(3,28)29;1-2-4-6-5-3-1/h4-10,13,19H,11-12H2,1-3H3;1-6H/t13?,19-;/m1./s1. The minimum Gasteiger partial charge on any atom is -0.323 e. The Balaban J connectivity index is 0.000000526. The maximum Gasteiger partial charge on any atom is 0.326 e. The molecule has 1 heterocycles. The number of carbonyl (C=O) groups is 2. The van der Waals surface area contributed by atoms with Gasteiger partial charge in [0.15, 0.2) is 9.84 Å². The summed E-state index contributed by atoms with van der Waals surface area (Å²) in [6, 6.07) is 20.2. The molecule has 3 aromatic carbocycles. The number of likely N-dealkylation sites (N-methyl/N-ethyl adjacent to an activating group) is 1. The quantitative estimate of drug-likeness (QED) is 0.488. The molecule has 36 heavy (non-hydrogen) atoms. The molecule has 190 valence electrons. The largest absolute Gasteiger partial charge is 0.326 e. The Labute approximate surface area is 210 Å². The predicted octanol–water partition coefficient (Wildman–Crippen LogP) is 4.86. The van der Waals surface area contributed by atoms with Gasteiger partial charge in [0.05, 0.1) is 11.4 Å². The van der Waals surface area contributed by atoms with Gasteiger partial charge >= 0.3 is 6.03 Å². The Bertz CT molecular complexity index is 1270. The summed E-state index contributed by atoms with van der Waals surface area (Å²) < 4.78 is 51.1. The van der Waals surface area contributed by atoms with Crippen molar-refractivity contribution in [3.8, 4) is 0 Å². The molecule has 1 saturated heterocycles.